The van der Waals surface area contributed by atoms with E-state index in [0.29, 0.717) is 10.6 Å². The number of primary amides is 1. The predicted octanol–water partition coefficient (Wildman–Crippen LogP) is 2.75. The Morgan fingerprint density at radius 1 is 1.03 bits per heavy atom. The SMILES string of the molecule is COc1ccnc(C(=O)CC(=O)N(Cc2cccc(Cl)c2)c2cc(C(N)=O)cc(C(=O)N(C)C)c2)n1. The van der Waals surface area contributed by atoms with Crippen molar-refractivity contribution in [3.8, 4) is 5.88 Å². The van der Waals surface area contributed by atoms with Crippen LogP contribution in [0.2, 0.25) is 5.02 Å². The van der Waals surface area contributed by atoms with Gasteiger partial charge < -0.3 is 20.3 Å². The van der Waals surface area contributed by atoms with Crippen LogP contribution in [-0.2, 0) is 11.3 Å². The van der Waals surface area contributed by atoms with Gasteiger partial charge in [-0.15, -0.1) is 0 Å². The van der Waals surface area contributed by atoms with Gasteiger partial charge >= 0.3 is 0 Å². The summed E-state index contributed by atoms with van der Waals surface area (Å²) < 4.78 is 5.02. The van der Waals surface area contributed by atoms with Crippen LogP contribution in [-0.4, -0.2) is 59.6 Å². The van der Waals surface area contributed by atoms with Gasteiger partial charge in [0.15, 0.2) is 5.82 Å². The quantitative estimate of drug-likeness (QED) is 0.346. The molecule has 11 heteroatoms. The summed E-state index contributed by atoms with van der Waals surface area (Å²) in [6.45, 7) is 0.00342. The number of ether oxygens (including phenoxy) is 1. The number of carbonyl (C=O) groups is 4. The Morgan fingerprint density at radius 2 is 1.75 bits per heavy atom. The van der Waals surface area contributed by atoms with Crippen LogP contribution >= 0.6 is 11.6 Å². The Labute approximate surface area is 212 Å². The number of hydrogen-bond acceptors (Lipinski definition) is 7. The fraction of sp³-hybridized carbons (Fsp3) is 0.200. The number of methoxy groups -OCH3 is 1. The number of nitrogens with zero attached hydrogens (tertiary/aromatic N) is 4. The number of hydrogen-bond donors (Lipinski definition) is 1. The van der Waals surface area contributed by atoms with Gasteiger partial charge in [-0.3, -0.25) is 19.2 Å². The van der Waals surface area contributed by atoms with Gasteiger partial charge in [0.1, 0.15) is 0 Å². The second-order valence-electron chi connectivity index (χ2n) is 7.96. The summed E-state index contributed by atoms with van der Waals surface area (Å²) in [5.41, 5.74) is 6.54. The molecule has 0 atom stereocenters. The van der Waals surface area contributed by atoms with E-state index >= 15 is 0 Å². The van der Waals surface area contributed by atoms with E-state index in [1.165, 1.54) is 47.4 Å². The van der Waals surface area contributed by atoms with Gasteiger partial charge in [0, 0.05) is 48.2 Å². The molecule has 0 saturated heterocycles. The van der Waals surface area contributed by atoms with Crippen LogP contribution in [0.4, 0.5) is 5.69 Å². The number of Topliss-reactive ketones (excluding diaryl/α,β-unsaturated/α-hetero) is 1. The van der Waals surface area contributed by atoms with Crippen molar-refractivity contribution < 1.29 is 23.9 Å². The number of rotatable bonds is 9. The summed E-state index contributed by atoms with van der Waals surface area (Å²) in [6.07, 6.45) is 0.772. The molecule has 0 aliphatic carbocycles. The molecule has 3 rings (SSSR count). The highest BCUT2D eigenvalue weighted by Gasteiger charge is 2.24. The molecule has 0 unspecified atom stereocenters. The maximum atomic E-state index is 13.4. The predicted molar refractivity (Wildman–Crippen MR) is 133 cm³/mol. The number of carbonyl (C=O) groups excluding carboxylic acids is 4. The molecule has 0 bridgehead atoms. The summed E-state index contributed by atoms with van der Waals surface area (Å²) in [4.78, 5) is 61.4. The molecule has 10 nitrogen and oxygen atoms in total. The van der Waals surface area contributed by atoms with E-state index < -0.39 is 29.9 Å². The first-order chi connectivity index (χ1) is 17.1. The molecular weight excluding hydrogens is 486 g/mol. The Hall–Kier alpha value is -4.31. The standard InChI is InChI=1S/C25H24ClN5O5/c1-30(2)25(35)17-10-16(23(27)34)11-19(12-17)31(14-15-5-4-6-18(26)9-15)22(33)13-20(32)24-28-8-7-21(29-24)36-3/h4-12H,13-14H2,1-3H3,(H2,27,34). The number of ketones is 1. The van der Waals surface area contributed by atoms with Crippen molar-refractivity contribution in [2.24, 2.45) is 5.73 Å². The number of amides is 3. The molecule has 0 aliphatic rings. The van der Waals surface area contributed by atoms with E-state index in [4.69, 9.17) is 22.1 Å². The van der Waals surface area contributed by atoms with Gasteiger partial charge in [-0.2, -0.15) is 4.98 Å². The van der Waals surface area contributed by atoms with Crippen LogP contribution in [0.15, 0.2) is 54.7 Å². The van der Waals surface area contributed by atoms with Crippen molar-refractivity contribution >= 4 is 40.8 Å². The van der Waals surface area contributed by atoms with Gasteiger partial charge in [0.05, 0.1) is 20.1 Å². The zero-order valence-corrected chi connectivity index (χ0v) is 20.7. The summed E-state index contributed by atoms with van der Waals surface area (Å²) in [6, 6.07) is 12.5. The fourth-order valence-electron chi connectivity index (χ4n) is 3.33. The molecule has 36 heavy (non-hydrogen) atoms. The minimum absolute atomic E-state index is 0.00342. The lowest BCUT2D eigenvalue weighted by molar-refractivity contribution is -0.117. The highest BCUT2D eigenvalue weighted by molar-refractivity contribution is 6.30. The van der Waals surface area contributed by atoms with Crippen LogP contribution in [0.1, 0.15) is 43.3 Å². The van der Waals surface area contributed by atoms with E-state index in [1.807, 2.05) is 0 Å². The molecule has 3 aromatic rings. The Kier molecular flexibility index (Phi) is 8.34. The monoisotopic (exact) mass is 509 g/mol. The van der Waals surface area contributed by atoms with Gasteiger partial charge in [-0.25, -0.2) is 4.98 Å². The lowest BCUT2D eigenvalue weighted by Crippen LogP contribution is -2.33. The average Bonchev–Trinajstić information content (AvgIpc) is 2.86. The van der Waals surface area contributed by atoms with Gasteiger partial charge in [0.25, 0.3) is 5.91 Å². The van der Waals surface area contributed by atoms with Crippen molar-refractivity contribution in [2.75, 3.05) is 26.1 Å². The topological polar surface area (TPSA) is 136 Å². The molecule has 0 spiro atoms. The largest absolute Gasteiger partial charge is 0.481 e. The van der Waals surface area contributed by atoms with Crippen molar-refractivity contribution in [3.63, 3.8) is 0 Å². The molecule has 2 aromatic carbocycles. The van der Waals surface area contributed by atoms with Crippen LogP contribution in [0.25, 0.3) is 0 Å². The average molecular weight is 510 g/mol. The molecule has 0 fully saturated rings. The minimum Gasteiger partial charge on any atom is -0.481 e. The van der Waals surface area contributed by atoms with Crippen LogP contribution in [0.5, 0.6) is 5.88 Å². The van der Waals surface area contributed by atoms with Crippen molar-refractivity contribution in [1.82, 2.24) is 14.9 Å². The van der Waals surface area contributed by atoms with Crippen molar-refractivity contribution in [1.29, 1.82) is 0 Å². The smallest absolute Gasteiger partial charge is 0.253 e. The maximum absolute atomic E-state index is 13.4. The molecular formula is C25H24ClN5O5. The van der Waals surface area contributed by atoms with E-state index in [9.17, 15) is 19.2 Å². The van der Waals surface area contributed by atoms with Crippen molar-refractivity contribution in [3.05, 3.63) is 82.3 Å². The first kappa shape index (κ1) is 26.3. The van der Waals surface area contributed by atoms with Crippen LogP contribution < -0.4 is 15.4 Å². The fourth-order valence-corrected chi connectivity index (χ4v) is 3.55. The molecule has 1 aromatic heterocycles. The normalized spacial score (nSPS) is 10.4. The van der Waals surface area contributed by atoms with E-state index in [0.717, 1.165) is 0 Å². The van der Waals surface area contributed by atoms with Gasteiger partial charge in [-0.1, -0.05) is 23.7 Å². The molecule has 0 saturated carbocycles. The minimum atomic E-state index is -0.777. The third kappa shape index (κ3) is 6.42. The number of nitrogens with two attached hydrogens (primary N) is 1. The molecule has 186 valence electrons. The first-order valence-electron chi connectivity index (χ1n) is 10.7. The third-order valence-electron chi connectivity index (χ3n) is 5.10. The Bertz CT molecular complexity index is 1330. The highest BCUT2D eigenvalue weighted by atomic mass is 35.5. The highest BCUT2D eigenvalue weighted by Crippen LogP contribution is 2.25. The summed E-state index contributed by atoms with van der Waals surface area (Å²) >= 11 is 6.12. The molecule has 0 radical (unpaired) electrons. The summed E-state index contributed by atoms with van der Waals surface area (Å²) in [5, 5.41) is 0.454. The summed E-state index contributed by atoms with van der Waals surface area (Å²) in [7, 11) is 4.51. The van der Waals surface area contributed by atoms with Gasteiger partial charge in [-0.05, 0) is 35.9 Å². The zero-order chi connectivity index (χ0) is 26.4. The summed E-state index contributed by atoms with van der Waals surface area (Å²) in [5.74, 6) is -2.42. The van der Waals surface area contributed by atoms with Crippen molar-refractivity contribution in [2.45, 2.75) is 13.0 Å². The number of anilines is 1. The van der Waals surface area contributed by atoms with E-state index in [1.54, 1.807) is 38.4 Å². The molecule has 1 heterocycles. The molecule has 2 N–H and O–H groups in total. The Balaban J connectivity index is 2.04. The van der Waals surface area contributed by atoms with Gasteiger partial charge in [0.2, 0.25) is 23.5 Å². The zero-order valence-electron chi connectivity index (χ0n) is 19.9. The van der Waals surface area contributed by atoms with Crippen LogP contribution in [0.3, 0.4) is 0 Å². The maximum Gasteiger partial charge on any atom is 0.253 e. The second-order valence-corrected chi connectivity index (χ2v) is 8.40. The second kappa shape index (κ2) is 11.4. The van der Waals surface area contributed by atoms with Crippen LogP contribution in [0, 0.1) is 0 Å². The molecule has 0 aliphatic heterocycles. The number of aromatic nitrogens is 2. The van der Waals surface area contributed by atoms with E-state index in [-0.39, 0.29) is 35.1 Å². The first-order valence-corrected chi connectivity index (χ1v) is 11.1. The number of halogens is 1. The lowest BCUT2D eigenvalue weighted by atomic mass is 10.1. The van der Waals surface area contributed by atoms with E-state index in [2.05, 4.69) is 9.97 Å². The lowest BCUT2D eigenvalue weighted by Gasteiger charge is -2.24. The third-order valence-corrected chi connectivity index (χ3v) is 5.33. The molecule has 3 amide bonds. The number of benzene rings is 2. The Morgan fingerprint density at radius 3 is 2.39 bits per heavy atom.